The van der Waals surface area contributed by atoms with Crippen molar-refractivity contribution in [3.8, 4) is 11.5 Å². The molecule has 0 unspecified atom stereocenters. The average Bonchev–Trinajstić information content (AvgIpc) is 2.67. The predicted octanol–water partition coefficient (Wildman–Crippen LogP) is 1.94. The maximum atomic E-state index is 12.3. The number of carbonyl (C=O) groups excluding carboxylic acids is 2. The van der Waals surface area contributed by atoms with E-state index >= 15 is 0 Å². The Labute approximate surface area is 171 Å². The highest BCUT2D eigenvalue weighted by molar-refractivity contribution is 7.89. The SMILES string of the molecule is C[C@@H](OC(=O)c1ccc(Cl)c(S(N)(=O)=O)c1)C(=O)Nc1ccc2c(c1)OCCO2. The number of benzene rings is 2. The zero-order valence-electron chi connectivity index (χ0n) is 15.2. The van der Waals surface area contributed by atoms with Gasteiger partial charge in [0.25, 0.3) is 5.91 Å². The van der Waals surface area contributed by atoms with Gasteiger partial charge in [-0.2, -0.15) is 0 Å². The Morgan fingerprint density at radius 3 is 2.52 bits per heavy atom. The van der Waals surface area contributed by atoms with Gasteiger partial charge in [0.2, 0.25) is 10.0 Å². The van der Waals surface area contributed by atoms with Crippen molar-refractivity contribution in [1.82, 2.24) is 0 Å². The van der Waals surface area contributed by atoms with Crippen LogP contribution in [-0.2, 0) is 19.6 Å². The molecule has 0 bridgehead atoms. The zero-order chi connectivity index (χ0) is 21.2. The summed E-state index contributed by atoms with van der Waals surface area (Å²) in [6.07, 6.45) is -1.16. The topological polar surface area (TPSA) is 134 Å². The number of rotatable bonds is 5. The van der Waals surface area contributed by atoms with E-state index in [0.29, 0.717) is 30.4 Å². The predicted molar refractivity (Wildman–Crippen MR) is 104 cm³/mol. The molecule has 0 radical (unpaired) electrons. The monoisotopic (exact) mass is 440 g/mol. The molecule has 11 heteroatoms. The van der Waals surface area contributed by atoms with Crippen molar-refractivity contribution in [3.63, 3.8) is 0 Å². The Kier molecular flexibility index (Phi) is 5.96. The first-order chi connectivity index (χ1) is 13.6. The van der Waals surface area contributed by atoms with Crippen LogP contribution in [0.5, 0.6) is 11.5 Å². The van der Waals surface area contributed by atoms with Gasteiger partial charge in [-0.3, -0.25) is 4.79 Å². The van der Waals surface area contributed by atoms with Crippen molar-refractivity contribution in [1.29, 1.82) is 0 Å². The molecule has 0 spiro atoms. The lowest BCUT2D eigenvalue weighted by Gasteiger charge is -2.19. The van der Waals surface area contributed by atoms with Crippen molar-refractivity contribution >= 4 is 39.2 Å². The second kappa shape index (κ2) is 8.27. The van der Waals surface area contributed by atoms with Gasteiger partial charge in [0.05, 0.1) is 10.6 Å². The molecule has 1 atom stereocenters. The third-order valence-corrected chi connectivity index (χ3v) is 5.33. The van der Waals surface area contributed by atoms with Crippen LogP contribution in [0.4, 0.5) is 5.69 Å². The number of ether oxygens (including phenoxy) is 3. The molecule has 0 fully saturated rings. The molecule has 3 rings (SSSR count). The van der Waals surface area contributed by atoms with Gasteiger partial charge in [-0.1, -0.05) is 11.6 Å². The summed E-state index contributed by atoms with van der Waals surface area (Å²) in [6.45, 7) is 2.23. The van der Waals surface area contributed by atoms with Crippen LogP contribution in [0, 0.1) is 0 Å². The lowest BCUT2D eigenvalue weighted by atomic mass is 10.2. The van der Waals surface area contributed by atoms with Gasteiger partial charge >= 0.3 is 5.97 Å². The van der Waals surface area contributed by atoms with Crippen molar-refractivity contribution in [2.24, 2.45) is 5.14 Å². The molecule has 2 aromatic rings. The van der Waals surface area contributed by atoms with Crippen molar-refractivity contribution in [3.05, 3.63) is 47.0 Å². The summed E-state index contributed by atoms with van der Waals surface area (Å²) >= 11 is 5.79. The molecular weight excluding hydrogens is 424 g/mol. The van der Waals surface area contributed by atoms with E-state index in [9.17, 15) is 18.0 Å². The first-order valence-electron chi connectivity index (χ1n) is 8.39. The first-order valence-corrected chi connectivity index (χ1v) is 10.3. The molecule has 154 valence electrons. The van der Waals surface area contributed by atoms with Gasteiger partial charge in [-0.15, -0.1) is 0 Å². The van der Waals surface area contributed by atoms with Crippen LogP contribution in [0.25, 0.3) is 0 Å². The van der Waals surface area contributed by atoms with Crippen LogP contribution in [0.3, 0.4) is 0 Å². The molecule has 29 heavy (non-hydrogen) atoms. The maximum absolute atomic E-state index is 12.3. The summed E-state index contributed by atoms with van der Waals surface area (Å²) in [6, 6.07) is 8.34. The van der Waals surface area contributed by atoms with Gasteiger partial charge in [0.15, 0.2) is 17.6 Å². The minimum Gasteiger partial charge on any atom is -0.486 e. The molecular formula is C18H17ClN2O7S. The number of sulfonamides is 1. The van der Waals surface area contributed by atoms with E-state index in [-0.39, 0.29) is 10.6 Å². The molecule has 2 aromatic carbocycles. The molecule has 0 saturated heterocycles. The quantitative estimate of drug-likeness (QED) is 0.678. The van der Waals surface area contributed by atoms with Crippen LogP contribution in [0.15, 0.2) is 41.3 Å². The van der Waals surface area contributed by atoms with Crippen LogP contribution in [-0.4, -0.2) is 39.6 Å². The number of amides is 1. The second-order valence-corrected chi connectivity index (χ2v) is 8.02. The molecule has 0 aliphatic carbocycles. The normalized spacial score (nSPS) is 14.0. The lowest BCUT2D eigenvalue weighted by Crippen LogP contribution is -2.30. The first kappa shape index (κ1) is 20.9. The van der Waals surface area contributed by atoms with Crippen LogP contribution in [0.2, 0.25) is 5.02 Å². The fourth-order valence-corrected chi connectivity index (χ4v) is 3.57. The number of anilines is 1. The molecule has 0 aromatic heterocycles. The summed E-state index contributed by atoms with van der Waals surface area (Å²) in [4.78, 5) is 24.2. The Bertz CT molecular complexity index is 1070. The molecule has 3 N–H and O–H groups in total. The van der Waals surface area contributed by atoms with E-state index in [1.807, 2.05) is 0 Å². The van der Waals surface area contributed by atoms with Crippen molar-refractivity contribution < 1.29 is 32.2 Å². The Morgan fingerprint density at radius 1 is 1.14 bits per heavy atom. The van der Waals surface area contributed by atoms with E-state index in [0.717, 1.165) is 6.07 Å². The standard InChI is InChI=1S/C18H17ClN2O7S/c1-10(17(22)21-12-3-5-14-15(9-12)27-7-6-26-14)28-18(23)11-2-4-13(19)16(8-11)29(20,24)25/h2-5,8-10H,6-7H2,1H3,(H,21,22)(H2,20,24,25)/t10-/m1/s1. The summed E-state index contributed by atoms with van der Waals surface area (Å²) in [7, 11) is -4.12. The zero-order valence-corrected chi connectivity index (χ0v) is 16.7. The highest BCUT2D eigenvalue weighted by Gasteiger charge is 2.22. The highest BCUT2D eigenvalue weighted by atomic mass is 35.5. The number of nitrogens with one attached hydrogen (secondary N) is 1. The van der Waals surface area contributed by atoms with E-state index in [1.165, 1.54) is 19.1 Å². The third-order valence-electron chi connectivity index (χ3n) is 3.94. The fourth-order valence-electron chi connectivity index (χ4n) is 2.50. The molecule has 1 heterocycles. The Morgan fingerprint density at radius 2 is 1.83 bits per heavy atom. The van der Waals surface area contributed by atoms with Crippen LogP contribution < -0.4 is 19.9 Å². The van der Waals surface area contributed by atoms with E-state index in [4.69, 9.17) is 31.0 Å². The van der Waals surface area contributed by atoms with Crippen LogP contribution in [0.1, 0.15) is 17.3 Å². The lowest BCUT2D eigenvalue weighted by molar-refractivity contribution is -0.123. The summed E-state index contributed by atoms with van der Waals surface area (Å²) in [5.41, 5.74) is 0.322. The number of nitrogens with two attached hydrogens (primary N) is 1. The van der Waals surface area contributed by atoms with Crippen LogP contribution >= 0.6 is 11.6 Å². The molecule has 0 saturated carbocycles. The highest BCUT2D eigenvalue weighted by Crippen LogP contribution is 2.32. The van der Waals surface area contributed by atoms with Gasteiger partial charge in [-0.25, -0.2) is 18.4 Å². The fraction of sp³-hybridized carbons (Fsp3) is 0.222. The Hall–Kier alpha value is -2.82. The van der Waals surface area contributed by atoms with E-state index < -0.39 is 32.9 Å². The average molecular weight is 441 g/mol. The van der Waals surface area contributed by atoms with Gasteiger partial charge in [-0.05, 0) is 37.3 Å². The number of hydrogen-bond acceptors (Lipinski definition) is 7. The second-order valence-electron chi connectivity index (χ2n) is 6.09. The van der Waals surface area contributed by atoms with Crippen molar-refractivity contribution in [2.75, 3.05) is 18.5 Å². The summed E-state index contributed by atoms with van der Waals surface area (Å²) in [5.74, 6) is -0.426. The molecule has 1 aliphatic rings. The minimum absolute atomic E-state index is 0.114. The Balaban J connectivity index is 1.67. The van der Waals surface area contributed by atoms with Gasteiger partial charge in [0.1, 0.15) is 18.1 Å². The largest absolute Gasteiger partial charge is 0.486 e. The molecule has 9 nitrogen and oxygen atoms in total. The number of primary sulfonamides is 1. The number of carbonyl (C=O) groups is 2. The minimum atomic E-state index is -4.12. The summed E-state index contributed by atoms with van der Waals surface area (Å²) in [5, 5.41) is 7.54. The number of fused-ring (bicyclic) bond motifs is 1. The third kappa shape index (κ3) is 4.97. The van der Waals surface area contributed by atoms with E-state index in [2.05, 4.69) is 5.32 Å². The van der Waals surface area contributed by atoms with E-state index in [1.54, 1.807) is 18.2 Å². The molecule has 1 aliphatic heterocycles. The summed E-state index contributed by atoms with van der Waals surface area (Å²) < 4.78 is 39.0. The van der Waals surface area contributed by atoms with Gasteiger partial charge in [0, 0.05) is 11.8 Å². The molecule has 1 amide bonds. The van der Waals surface area contributed by atoms with Gasteiger partial charge < -0.3 is 19.5 Å². The van der Waals surface area contributed by atoms with Crippen molar-refractivity contribution in [2.45, 2.75) is 17.9 Å². The number of halogens is 1. The maximum Gasteiger partial charge on any atom is 0.338 e. The number of esters is 1. The smallest absolute Gasteiger partial charge is 0.338 e. The number of hydrogen-bond donors (Lipinski definition) is 2.